The van der Waals surface area contributed by atoms with Crippen molar-refractivity contribution in [3.8, 4) is 0 Å². The summed E-state index contributed by atoms with van der Waals surface area (Å²) in [5.74, 6) is -0.378. The van der Waals surface area contributed by atoms with E-state index in [0.717, 1.165) is 0 Å². The van der Waals surface area contributed by atoms with Gasteiger partial charge in [0.1, 0.15) is 5.69 Å². The molecule has 116 valence electrons. The van der Waals surface area contributed by atoms with Gasteiger partial charge in [0.15, 0.2) is 0 Å². The highest BCUT2D eigenvalue weighted by Gasteiger charge is 2.81. The highest BCUT2D eigenvalue weighted by atomic mass is 19.4. The number of fused-ring (bicyclic) bond motifs is 1. The van der Waals surface area contributed by atoms with Gasteiger partial charge in [-0.1, -0.05) is 0 Å². The Hall–Kier alpha value is -1.57. The first-order chi connectivity index (χ1) is 9.72. The highest BCUT2D eigenvalue weighted by Crippen LogP contribution is 2.72. The normalized spacial score (nSPS) is 31.1. The molecule has 0 radical (unpaired) electrons. The van der Waals surface area contributed by atoms with Crippen molar-refractivity contribution >= 4 is 5.91 Å². The largest absolute Gasteiger partial charge is 0.396 e. The van der Waals surface area contributed by atoms with Gasteiger partial charge in [-0.3, -0.25) is 9.48 Å². The summed E-state index contributed by atoms with van der Waals surface area (Å²) in [5, 5.41) is 9.41. The number of aryl methyl sites for hydroxylation is 2. The van der Waals surface area contributed by atoms with Gasteiger partial charge in [-0.2, -0.15) is 18.3 Å². The van der Waals surface area contributed by atoms with Crippen LogP contribution >= 0.6 is 0 Å². The van der Waals surface area contributed by atoms with Crippen LogP contribution in [0.15, 0.2) is 6.20 Å². The maximum absolute atomic E-state index is 13.2. The first-order valence-electron chi connectivity index (χ1n) is 6.77. The van der Waals surface area contributed by atoms with Crippen molar-refractivity contribution in [2.24, 2.45) is 17.9 Å². The van der Waals surface area contributed by atoms with Gasteiger partial charge in [0.2, 0.25) is 0 Å². The fraction of sp³-hybridized carbons (Fsp3) is 0.692. The predicted molar refractivity (Wildman–Crippen MR) is 68.7 cm³/mol. The molecule has 2 N–H and O–H groups in total. The molecule has 5 nitrogen and oxygen atoms in total. The molecule has 0 unspecified atom stereocenters. The quantitative estimate of drug-likeness (QED) is 0.876. The minimum Gasteiger partial charge on any atom is -0.350 e. The molecule has 1 saturated heterocycles. The maximum atomic E-state index is 13.2. The molecule has 3 rings (SSSR count). The molecule has 2 heterocycles. The van der Waals surface area contributed by atoms with E-state index in [1.54, 1.807) is 20.2 Å². The molecule has 1 amide bonds. The van der Waals surface area contributed by atoms with Crippen LogP contribution in [-0.2, 0) is 7.05 Å². The van der Waals surface area contributed by atoms with E-state index in [0.29, 0.717) is 11.3 Å². The molecule has 1 aromatic rings. The Kier molecular flexibility index (Phi) is 2.89. The number of hydrogen-bond acceptors (Lipinski definition) is 3. The molecule has 1 aliphatic carbocycles. The van der Waals surface area contributed by atoms with E-state index in [1.165, 1.54) is 4.68 Å². The summed E-state index contributed by atoms with van der Waals surface area (Å²) in [7, 11) is 1.63. The van der Waals surface area contributed by atoms with Crippen LogP contribution in [0.4, 0.5) is 13.2 Å². The van der Waals surface area contributed by atoms with E-state index < -0.39 is 17.0 Å². The zero-order chi connectivity index (χ0) is 15.5. The smallest absolute Gasteiger partial charge is 0.350 e. The summed E-state index contributed by atoms with van der Waals surface area (Å²) in [6.07, 6.45) is -2.59. The van der Waals surface area contributed by atoms with E-state index in [1.807, 2.05) is 0 Å². The fourth-order valence-corrected chi connectivity index (χ4v) is 3.53. The molecular weight excluding hydrogens is 285 g/mol. The van der Waals surface area contributed by atoms with Gasteiger partial charge in [0.05, 0.1) is 11.6 Å². The molecule has 2 fully saturated rings. The van der Waals surface area contributed by atoms with E-state index >= 15 is 0 Å². The average Bonchev–Trinajstić information content (AvgIpc) is 2.70. The minimum atomic E-state index is -4.23. The molecular formula is C13H17F3N4O. The molecule has 0 aromatic carbocycles. The number of halogens is 3. The Morgan fingerprint density at radius 3 is 2.76 bits per heavy atom. The Morgan fingerprint density at radius 1 is 1.52 bits per heavy atom. The number of alkyl halides is 3. The van der Waals surface area contributed by atoms with E-state index in [4.69, 9.17) is 0 Å². The van der Waals surface area contributed by atoms with Gasteiger partial charge in [-0.15, -0.1) is 0 Å². The van der Waals surface area contributed by atoms with Crippen LogP contribution in [0.25, 0.3) is 0 Å². The molecule has 0 bridgehead atoms. The summed E-state index contributed by atoms with van der Waals surface area (Å²) in [4.78, 5) is 12.1. The summed E-state index contributed by atoms with van der Waals surface area (Å²) in [6.45, 7) is 2.01. The number of piperidine rings is 1. The van der Waals surface area contributed by atoms with Crippen LogP contribution in [0.1, 0.15) is 22.5 Å². The van der Waals surface area contributed by atoms with Crippen molar-refractivity contribution in [1.29, 1.82) is 0 Å². The Morgan fingerprint density at radius 2 is 2.24 bits per heavy atom. The topological polar surface area (TPSA) is 59.0 Å². The van der Waals surface area contributed by atoms with Crippen LogP contribution in [0.3, 0.4) is 0 Å². The number of amides is 1. The highest BCUT2D eigenvalue weighted by molar-refractivity contribution is 5.93. The Balaban J connectivity index is 1.71. The number of aromatic nitrogens is 2. The van der Waals surface area contributed by atoms with Crippen molar-refractivity contribution in [1.82, 2.24) is 20.4 Å². The first kappa shape index (κ1) is 14.4. The van der Waals surface area contributed by atoms with E-state index in [9.17, 15) is 18.0 Å². The van der Waals surface area contributed by atoms with Crippen molar-refractivity contribution < 1.29 is 18.0 Å². The maximum Gasteiger partial charge on any atom is 0.396 e. The van der Waals surface area contributed by atoms with Gasteiger partial charge in [0, 0.05) is 32.1 Å². The van der Waals surface area contributed by atoms with Gasteiger partial charge >= 0.3 is 6.18 Å². The number of carbonyl (C=O) groups excluding carboxylic acids is 1. The second kappa shape index (κ2) is 4.22. The molecule has 2 aliphatic rings. The number of nitrogens with one attached hydrogen (secondary N) is 2. The lowest BCUT2D eigenvalue weighted by molar-refractivity contribution is -0.190. The van der Waals surface area contributed by atoms with Crippen LogP contribution in [-0.4, -0.2) is 41.5 Å². The van der Waals surface area contributed by atoms with Gasteiger partial charge < -0.3 is 10.6 Å². The van der Waals surface area contributed by atoms with Gasteiger partial charge in [0.25, 0.3) is 5.91 Å². The van der Waals surface area contributed by atoms with Crippen molar-refractivity contribution in [3.05, 3.63) is 17.5 Å². The average molecular weight is 302 g/mol. The number of rotatable bonds is 3. The molecule has 2 atom stereocenters. The second-order valence-electron chi connectivity index (χ2n) is 6.12. The third-order valence-electron chi connectivity index (χ3n) is 4.89. The molecule has 1 aromatic heterocycles. The lowest BCUT2D eigenvalue weighted by atomic mass is 9.95. The number of carbonyl (C=O) groups is 1. The van der Waals surface area contributed by atoms with E-state index in [2.05, 4.69) is 15.7 Å². The molecule has 8 heteroatoms. The number of nitrogens with zero attached hydrogens (tertiary/aromatic N) is 2. The monoisotopic (exact) mass is 302 g/mol. The third-order valence-corrected chi connectivity index (χ3v) is 4.89. The predicted octanol–water partition coefficient (Wildman–Crippen LogP) is 1.00. The van der Waals surface area contributed by atoms with Gasteiger partial charge in [-0.25, -0.2) is 0 Å². The lowest BCUT2D eigenvalue weighted by Gasteiger charge is -2.20. The first-order valence-corrected chi connectivity index (χ1v) is 6.77. The fourth-order valence-electron chi connectivity index (χ4n) is 3.53. The Labute approximate surface area is 119 Å². The van der Waals surface area contributed by atoms with Crippen molar-refractivity contribution in [2.45, 2.75) is 19.5 Å². The van der Waals surface area contributed by atoms with Crippen LogP contribution in [0, 0.1) is 17.8 Å². The third kappa shape index (κ3) is 1.88. The standard InChI is InChI=1S/C13H17F3N4O/c1-8-3-19-20(2)9(8)10(21)18-6-11-4-12(11,7-17-5-11)13(14,15)16/h3,17H,4-7H2,1-2H3,(H,18,21)/t11-,12-/m1/s1. The van der Waals surface area contributed by atoms with Crippen LogP contribution < -0.4 is 10.6 Å². The summed E-state index contributed by atoms with van der Waals surface area (Å²) in [5.41, 5.74) is -1.48. The van der Waals surface area contributed by atoms with Crippen LogP contribution in [0.2, 0.25) is 0 Å². The summed E-state index contributed by atoms with van der Waals surface area (Å²) < 4.78 is 41.0. The van der Waals surface area contributed by atoms with E-state index in [-0.39, 0.29) is 32.0 Å². The lowest BCUT2D eigenvalue weighted by Crippen LogP contribution is -2.38. The second-order valence-corrected chi connectivity index (χ2v) is 6.12. The summed E-state index contributed by atoms with van der Waals surface area (Å²) >= 11 is 0. The molecule has 0 spiro atoms. The van der Waals surface area contributed by atoms with Crippen molar-refractivity contribution in [2.75, 3.05) is 19.6 Å². The zero-order valence-electron chi connectivity index (χ0n) is 11.8. The summed E-state index contributed by atoms with van der Waals surface area (Å²) in [6, 6.07) is 0. The van der Waals surface area contributed by atoms with Gasteiger partial charge in [-0.05, 0) is 18.9 Å². The number of hydrogen-bond donors (Lipinski definition) is 2. The van der Waals surface area contributed by atoms with Crippen LogP contribution in [0.5, 0.6) is 0 Å². The SMILES string of the molecule is Cc1cnn(C)c1C(=O)NC[C@@]12CNC[C@]1(C(F)(F)F)C2. The minimum absolute atomic E-state index is 0.0307. The molecule has 21 heavy (non-hydrogen) atoms. The molecule has 1 aliphatic heterocycles. The van der Waals surface area contributed by atoms with Crippen molar-refractivity contribution in [3.63, 3.8) is 0 Å². The molecule has 1 saturated carbocycles. The Bertz CT molecular complexity index is 577. The zero-order valence-corrected chi connectivity index (χ0v) is 11.8.